The number of hydrogen-bond donors (Lipinski definition) is 0. The number of thiophene rings is 1. The Morgan fingerprint density at radius 2 is 1.92 bits per heavy atom. The van der Waals surface area contributed by atoms with Crippen LogP contribution in [0.1, 0.15) is 22.1 Å². The molecule has 6 heteroatoms. The summed E-state index contributed by atoms with van der Waals surface area (Å²) in [5, 5.41) is 1.42. The van der Waals surface area contributed by atoms with Crippen LogP contribution in [0, 0.1) is 0 Å². The highest BCUT2D eigenvalue weighted by Gasteiger charge is 2.32. The molecule has 0 aliphatic carbocycles. The highest BCUT2D eigenvalue weighted by Crippen LogP contribution is 2.29. The van der Waals surface area contributed by atoms with Crippen LogP contribution in [0.15, 0.2) is 53.9 Å². The number of rotatable bonds is 3. The molecule has 2 heterocycles. The van der Waals surface area contributed by atoms with E-state index in [2.05, 4.69) is 0 Å². The summed E-state index contributed by atoms with van der Waals surface area (Å²) >= 11 is 1.56. The van der Waals surface area contributed by atoms with Crippen molar-refractivity contribution in [1.29, 1.82) is 0 Å². The maximum absolute atomic E-state index is 12.6. The zero-order chi connectivity index (χ0) is 17.0. The van der Waals surface area contributed by atoms with Gasteiger partial charge in [0, 0.05) is 24.0 Å². The van der Waals surface area contributed by atoms with Crippen LogP contribution >= 0.6 is 11.3 Å². The lowest BCUT2D eigenvalue weighted by Crippen LogP contribution is -2.32. The fourth-order valence-corrected chi connectivity index (χ4v) is 5.26. The van der Waals surface area contributed by atoms with Crippen LogP contribution in [-0.4, -0.2) is 38.1 Å². The van der Waals surface area contributed by atoms with E-state index in [1.54, 1.807) is 22.3 Å². The van der Waals surface area contributed by atoms with E-state index >= 15 is 0 Å². The summed E-state index contributed by atoms with van der Waals surface area (Å²) in [6.07, 6.45) is 3.74. The van der Waals surface area contributed by atoms with E-state index in [1.165, 1.54) is 6.08 Å². The van der Waals surface area contributed by atoms with E-state index in [9.17, 15) is 13.2 Å². The number of sulfone groups is 1. The molecule has 4 nitrogen and oxygen atoms in total. The molecular weight excluding hydrogens is 342 g/mol. The van der Waals surface area contributed by atoms with E-state index in [1.807, 2.05) is 47.8 Å². The van der Waals surface area contributed by atoms with Gasteiger partial charge in [-0.15, -0.1) is 11.3 Å². The number of benzene rings is 1. The highest BCUT2D eigenvalue weighted by molar-refractivity contribution is 7.91. The van der Waals surface area contributed by atoms with Crippen LogP contribution in [0.2, 0.25) is 0 Å². The third-order valence-corrected chi connectivity index (χ3v) is 7.12. The van der Waals surface area contributed by atoms with Crippen LogP contribution in [0.4, 0.5) is 0 Å². The van der Waals surface area contributed by atoms with Gasteiger partial charge in [-0.2, -0.15) is 0 Å². The van der Waals surface area contributed by atoms with Crippen molar-refractivity contribution in [3.63, 3.8) is 0 Å². The van der Waals surface area contributed by atoms with Gasteiger partial charge in [0.1, 0.15) is 0 Å². The van der Waals surface area contributed by atoms with Crippen LogP contribution in [-0.2, 0) is 14.6 Å². The third kappa shape index (κ3) is 3.94. The van der Waals surface area contributed by atoms with Gasteiger partial charge in [-0.25, -0.2) is 8.42 Å². The fraction of sp³-hybridized carbons (Fsp3) is 0.278. The first-order chi connectivity index (χ1) is 11.6. The molecule has 24 heavy (non-hydrogen) atoms. The number of carbonyl (C=O) groups is 1. The molecule has 1 unspecified atom stereocenters. The first-order valence-electron chi connectivity index (χ1n) is 7.83. The Bertz CT molecular complexity index is 811. The van der Waals surface area contributed by atoms with Crippen molar-refractivity contribution in [2.45, 2.75) is 11.7 Å². The molecule has 2 aromatic rings. The van der Waals surface area contributed by atoms with E-state index in [4.69, 9.17) is 0 Å². The average Bonchev–Trinajstić information content (AvgIpc) is 3.04. The molecule has 126 valence electrons. The third-order valence-electron chi connectivity index (χ3n) is 4.16. The van der Waals surface area contributed by atoms with Crippen molar-refractivity contribution in [2.24, 2.45) is 0 Å². The molecule has 0 bridgehead atoms. The van der Waals surface area contributed by atoms with Crippen molar-refractivity contribution < 1.29 is 13.2 Å². The zero-order valence-corrected chi connectivity index (χ0v) is 14.8. The molecule has 3 rings (SSSR count). The zero-order valence-electron chi connectivity index (χ0n) is 13.2. The molecule has 1 atom stereocenters. The Balaban J connectivity index is 1.73. The minimum atomic E-state index is -3.25. The molecule has 1 aliphatic heterocycles. The van der Waals surface area contributed by atoms with Crippen LogP contribution < -0.4 is 0 Å². The Hall–Kier alpha value is -1.92. The van der Waals surface area contributed by atoms with Crippen LogP contribution in [0.3, 0.4) is 0 Å². The molecule has 0 N–H and O–H groups in total. The van der Waals surface area contributed by atoms with Crippen molar-refractivity contribution in [1.82, 2.24) is 4.90 Å². The highest BCUT2D eigenvalue weighted by atomic mass is 32.2. The number of nitrogens with zero attached hydrogens (tertiary/aromatic N) is 1. The van der Waals surface area contributed by atoms with Crippen molar-refractivity contribution in [3.05, 3.63) is 64.4 Å². The average molecular weight is 361 g/mol. The molecule has 1 amide bonds. The SMILES string of the molecule is O=C(/C=C/c1cccs1)N1CCC(c2ccccc2)S(=O)(=O)CC1. The molecular formula is C18H19NO3S2. The quantitative estimate of drug-likeness (QED) is 0.789. The van der Waals surface area contributed by atoms with Gasteiger partial charge in [-0.3, -0.25) is 4.79 Å². The largest absolute Gasteiger partial charge is 0.338 e. The van der Waals surface area contributed by atoms with Gasteiger partial charge in [0.15, 0.2) is 9.84 Å². The summed E-state index contributed by atoms with van der Waals surface area (Å²) in [7, 11) is -3.25. The second-order valence-electron chi connectivity index (χ2n) is 5.73. The minimum absolute atomic E-state index is 0.00510. The summed E-state index contributed by atoms with van der Waals surface area (Å²) in [6.45, 7) is 0.700. The molecule has 1 aliphatic rings. The van der Waals surface area contributed by atoms with Gasteiger partial charge >= 0.3 is 0 Å². The Morgan fingerprint density at radius 1 is 1.12 bits per heavy atom. The maximum atomic E-state index is 12.6. The number of hydrogen-bond acceptors (Lipinski definition) is 4. The lowest BCUT2D eigenvalue weighted by atomic mass is 10.1. The minimum Gasteiger partial charge on any atom is -0.338 e. The first-order valence-corrected chi connectivity index (χ1v) is 10.4. The van der Waals surface area contributed by atoms with Crippen LogP contribution in [0.5, 0.6) is 0 Å². The summed E-state index contributed by atoms with van der Waals surface area (Å²) in [5.74, 6) is -0.127. The number of amides is 1. The molecule has 1 aromatic heterocycles. The first kappa shape index (κ1) is 16.9. The van der Waals surface area contributed by atoms with Gasteiger partial charge in [-0.05, 0) is 29.5 Å². The summed E-state index contributed by atoms with van der Waals surface area (Å²) in [4.78, 5) is 15.0. The fourth-order valence-electron chi connectivity index (χ4n) is 2.85. The van der Waals surface area contributed by atoms with Gasteiger partial charge in [0.2, 0.25) is 5.91 Å². The summed E-state index contributed by atoms with van der Waals surface area (Å²) < 4.78 is 25.1. The van der Waals surface area contributed by atoms with Crippen molar-refractivity contribution >= 4 is 33.2 Å². The van der Waals surface area contributed by atoms with Crippen LogP contribution in [0.25, 0.3) is 6.08 Å². The number of carbonyl (C=O) groups excluding carboxylic acids is 1. The Morgan fingerprint density at radius 3 is 2.62 bits per heavy atom. The van der Waals surface area contributed by atoms with Crippen molar-refractivity contribution in [3.8, 4) is 0 Å². The molecule has 0 radical (unpaired) electrons. The van der Waals surface area contributed by atoms with Gasteiger partial charge in [0.25, 0.3) is 0 Å². The molecule has 0 spiro atoms. The normalized spacial score (nSPS) is 20.8. The van der Waals surface area contributed by atoms with Gasteiger partial charge < -0.3 is 4.90 Å². The standard InChI is InChI=1S/C18H19NO3S2/c20-18(9-8-16-7-4-13-23-16)19-11-10-17(24(21,22)14-12-19)15-5-2-1-3-6-15/h1-9,13,17H,10-12,14H2/b9-8+. The van der Waals surface area contributed by atoms with E-state index in [0.29, 0.717) is 13.0 Å². The Kier molecular flexibility index (Phi) is 5.16. The lowest BCUT2D eigenvalue weighted by Gasteiger charge is -2.18. The Labute approximate surface area is 146 Å². The van der Waals surface area contributed by atoms with Gasteiger partial charge in [-0.1, -0.05) is 36.4 Å². The summed E-state index contributed by atoms with van der Waals surface area (Å²) in [6, 6.07) is 13.1. The topological polar surface area (TPSA) is 54.5 Å². The predicted molar refractivity (Wildman–Crippen MR) is 97.5 cm³/mol. The molecule has 0 saturated carbocycles. The molecule has 1 aromatic carbocycles. The second-order valence-corrected chi connectivity index (χ2v) is 9.01. The maximum Gasteiger partial charge on any atom is 0.246 e. The predicted octanol–water partition coefficient (Wildman–Crippen LogP) is 3.15. The van der Waals surface area contributed by atoms with Gasteiger partial charge in [0.05, 0.1) is 11.0 Å². The van der Waals surface area contributed by atoms with E-state index < -0.39 is 15.1 Å². The second kappa shape index (κ2) is 7.32. The van der Waals surface area contributed by atoms with E-state index in [-0.39, 0.29) is 18.2 Å². The monoisotopic (exact) mass is 361 g/mol. The smallest absolute Gasteiger partial charge is 0.246 e. The lowest BCUT2D eigenvalue weighted by molar-refractivity contribution is -0.125. The molecule has 1 saturated heterocycles. The van der Waals surface area contributed by atoms with E-state index in [0.717, 1.165) is 10.4 Å². The molecule has 1 fully saturated rings. The van der Waals surface area contributed by atoms with Crippen molar-refractivity contribution in [2.75, 3.05) is 18.8 Å². The summed E-state index contributed by atoms with van der Waals surface area (Å²) in [5.41, 5.74) is 0.806.